The molecule has 0 aliphatic rings. The summed E-state index contributed by atoms with van der Waals surface area (Å²) >= 11 is 1.35. The summed E-state index contributed by atoms with van der Waals surface area (Å²) in [6.45, 7) is 0. The van der Waals surface area contributed by atoms with Crippen molar-refractivity contribution in [2.75, 3.05) is 12.0 Å². The topological polar surface area (TPSA) is 251 Å². The van der Waals surface area contributed by atoms with Crippen molar-refractivity contribution in [2.45, 2.75) is 49.9 Å². The number of aromatic hydroxyl groups is 1. The van der Waals surface area contributed by atoms with E-state index in [0.29, 0.717) is 11.3 Å². The van der Waals surface area contributed by atoms with E-state index in [1.807, 2.05) is 0 Å². The Balaban J connectivity index is 3.01. The number of primary amides is 1. The highest BCUT2D eigenvalue weighted by atomic mass is 32.2. The lowest BCUT2D eigenvalue weighted by Crippen LogP contribution is -2.58. The fraction of sp³-hybridized carbons (Fsp3) is 0.455. The molecule has 0 saturated carbocycles. The normalized spacial score (nSPS) is 13.9. The minimum atomic E-state index is -1.56. The number of nitrogens with two attached hydrogens (primary N) is 2. The van der Waals surface area contributed by atoms with Crippen LogP contribution in [-0.4, -0.2) is 87.1 Å². The van der Waals surface area contributed by atoms with Gasteiger partial charge in [0, 0.05) is 6.42 Å². The molecule has 0 aromatic heterocycles. The van der Waals surface area contributed by atoms with Gasteiger partial charge in [-0.3, -0.25) is 24.0 Å². The number of benzene rings is 1. The van der Waals surface area contributed by atoms with Crippen molar-refractivity contribution in [3.8, 4) is 5.75 Å². The summed E-state index contributed by atoms with van der Waals surface area (Å²) in [5.41, 5.74) is 11.2. The quantitative estimate of drug-likeness (QED) is 0.112. The maximum atomic E-state index is 12.9. The number of hydrogen-bond donors (Lipinski definition) is 8. The third-order valence-electron chi connectivity index (χ3n) is 5.00. The highest BCUT2D eigenvalue weighted by Crippen LogP contribution is 2.12. The summed E-state index contributed by atoms with van der Waals surface area (Å²) in [7, 11) is 0. The molecule has 204 valence electrons. The van der Waals surface area contributed by atoms with Gasteiger partial charge in [0.05, 0.1) is 18.9 Å². The van der Waals surface area contributed by atoms with Crippen LogP contribution in [0.5, 0.6) is 5.75 Å². The number of carboxylic acids is 2. The third-order valence-corrected chi connectivity index (χ3v) is 5.65. The summed E-state index contributed by atoms with van der Waals surface area (Å²) in [6.07, 6.45) is 0.336. The lowest BCUT2D eigenvalue weighted by Gasteiger charge is -2.24. The van der Waals surface area contributed by atoms with Crippen LogP contribution in [0.25, 0.3) is 0 Å². The minimum Gasteiger partial charge on any atom is -0.508 e. The zero-order valence-corrected chi connectivity index (χ0v) is 20.8. The molecule has 4 unspecified atom stereocenters. The maximum Gasteiger partial charge on any atom is 0.326 e. The first-order valence-electron chi connectivity index (χ1n) is 11.0. The van der Waals surface area contributed by atoms with Crippen LogP contribution in [0.15, 0.2) is 24.3 Å². The molecule has 1 aromatic carbocycles. The molecule has 14 nitrogen and oxygen atoms in total. The molecule has 0 fully saturated rings. The van der Waals surface area contributed by atoms with Crippen LogP contribution in [0.3, 0.4) is 0 Å². The number of hydrogen-bond acceptors (Lipinski definition) is 9. The van der Waals surface area contributed by atoms with Gasteiger partial charge in [0.25, 0.3) is 0 Å². The number of thioether (sulfide) groups is 1. The molecule has 0 bridgehead atoms. The minimum absolute atomic E-state index is 0.0315. The van der Waals surface area contributed by atoms with Crippen LogP contribution in [0.1, 0.15) is 24.8 Å². The number of amides is 4. The number of phenols is 1. The second-order valence-corrected chi connectivity index (χ2v) is 9.03. The van der Waals surface area contributed by atoms with Crippen molar-refractivity contribution in [2.24, 2.45) is 11.5 Å². The van der Waals surface area contributed by atoms with Crippen LogP contribution in [0, 0.1) is 0 Å². The summed E-state index contributed by atoms with van der Waals surface area (Å²) in [5.74, 6) is -6.08. The van der Waals surface area contributed by atoms with Crippen LogP contribution in [0.4, 0.5) is 0 Å². The smallest absolute Gasteiger partial charge is 0.326 e. The van der Waals surface area contributed by atoms with Crippen molar-refractivity contribution >= 4 is 47.3 Å². The highest BCUT2D eigenvalue weighted by molar-refractivity contribution is 7.98. The summed E-state index contributed by atoms with van der Waals surface area (Å²) in [6, 6.07) is -0.0334. The van der Waals surface area contributed by atoms with E-state index in [1.165, 1.54) is 36.0 Å². The van der Waals surface area contributed by atoms with Crippen molar-refractivity contribution in [1.82, 2.24) is 16.0 Å². The first-order valence-corrected chi connectivity index (χ1v) is 12.4. The molecule has 0 heterocycles. The van der Waals surface area contributed by atoms with Gasteiger partial charge in [0.1, 0.15) is 23.9 Å². The van der Waals surface area contributed by atoms with E-state index in [-0.39, 0.29) is 18.6 Å². The SMILES string of the molecule is CSCCC(NC(=O)C(N)CC(=O)O)C(=O)NC(CC(N)=O)C(=O)NC(Cc1ccc(O)cc1)C(=O)O. The van der Waals surface area contributed by atoms with Crippen molar-refractivity contribution in [3.63, 3.8) is 0 Å². The van der Waals surface area contributed by atoms with Crippen molar-refractivity contribution in [1.29, 1.82) is 0 Å². The molecule has 1 rings (SSSR count). The van der Waals surface area contributed by atoms with Gasteiger partial charge in [0.15, 0.2) is 0 Å². The van der Waals surface area contributed by atoms with Gasteiger partial charge in [-0.25, -0.2) is 4.79 Å². The van der Waals surface area contributed by atoms with E-state index in [2.05, 4.69) is 16.0 Å². The first kappa shape index (κ1) is 31.2. The monoisotopic (exact) mass is 541 g/mol. The molecule has 0 radical (unpaired) electrons. The zero-order valence-electron chi connectivity index (χ0n) is 20.0. The Bertz CT molecular complexity index is 989. The third kappa shape index (κ3) is 11.6. The molecular weight excluding hydrogens is 510 g/mol. The molecule has 4 atom stereocenters. The number of carbonyl (C=O) groups excluding carboxylic acids is 4. The van der Waals surface area contributed by atoms with Gasteiger partial charge >= 0.3 is 11.9 Å². The van der Waals surface area contributed by atoms with E-state index in [0.717, 1.165) is 0 Å². The first-order chi connectivity index (χ1) is 17.3. The number of nitrogens with one attached hydrogen (secondary N) is 3. The molecule has 10 N–H and O–H groups in total. The van der Waals surface area contributed by atoms with Gasteiger partial charge in [0.2, 0.25) is 23.6 Å². The van der Waals surface area contributed by atoms with E-state index in [1.54, 1.807) is 6.26 Å². The predicted molar refractivity (Wildman–Crippen MR) is 132 cm³/mol. The summed E-state index contributed by atoms with van der Waals surface area (Å²) < 4.78 is 0. The number of phenolic OH excluding ortho intramolecular Hbond substituents is 1. The Morgan fingerprint density at radius 3 is 1.92 bits per heavy atom. The molecule has 0 aliphatic heterocycles. The van der Waals surface area contributed by atoms with Gasteiger partial charge in [-0.15, -0.1) is 0 Å². The Morgan fingerprint density at radius 2 is 1.41 bits per heavy atom. The van der Waals surface area contributed by atoms with E-state index in [9.17, 15) is 39.0 Å². The largest absolute Gasteiger partial charge is 0.508 e. The van der Waals surface area contributed by atoms with Crippen LogP contribution < -0.4 is 27.4 Å². The lowest BCUT2D eigenvalue weighted by atomic mass is 10.0. The zero-order chi connectivity index (χ0) is 28.1. The fourth-order valence-corrected chi connectivity index (χ4v) is 3.56. The van der Waals surface area contributed by atoms with E-state index >= 15 is 0 Å². The Labute approximate surface area is 216 Å². The average Bonchev–Trinajstić information content (AvgIpc) is 2.81. The average molecular weight is 542 g/mol. The van der Waals surface area contributed by atoms with E-state index in [4.69, 9.17) is 16.6 Å². The summed E-state index contributed by atoms with van der Waals surface area (Å²) in [5, 5.41) is 34.6. The summed E-state index contributed by atoms with van der Waals surface area (Å²) in [4.78, 5) is 72.1. The molecule has 0 aliphatic carbocycles. The van der Waals surface area contributed by atoms with Gasteiger partial charge in [-0.2, -0.15) is 11.8 Å². The number of carboxylic acid groups (broad SMARTS) is 2. The highest BCUT2D eigenvalue weighted by Gasteiger charge is 2.31. The van der Waals surface area contributed by atoms with E-state index < -0.39 is 72.6 Å². The van der Waals surface area contributed by atoms with Crippen molar-refractivity contribution in [3.05, 3.63) is 29.8 Å². The Kier molecular flexibility index (Phi) is 12.9. The molecule has 4 amide bonds. The number of rotatable bonds is 16. The second-order valence-electron chi connectivity index (χ2n) is 8.05. The standard InChI is InChI=1S/C22H31N5O9S/c1-37-7-6-14(25-19(32)13(23)9-18(30)31)20(33)26-15(10-17(24)29)21(34)27-16(22(35)36)8-11-2-4-12(28)5-3-11/h2-5,13-16,28H,6-10,23H2,1H3,(H2,24,29)(H,25,32)(H,26,33)(H,27,34)(H,30,31)(H,35,36). The fourth-order valence-electron chi connectivity index (χ4n) is 3.09. The lowest BCUT2D eigenvalue weighted by molar-refractivity contribution is -0.142. The number of carbonyl (C=O) groups is 6. The molecule has 1 aromatic rings. The van der Waals surface area contributed by atoms with Crippen molar-refractivity contribution < 1.29 is 44.1 Å². The van der Waals surface area contributed by atoms with Gasteiger partial charge in [-0.1, -0.05) is 12.1 Å². The van der Waals surface area contributed by atoms with Crippen LogP contribution >= 0.6 is 11.8 Å². The molecule has 37 heavy (non-hydrogen) atoms. The maximum absolute atomic E-state index is 12.9. The van der Waals surface area contributed by atoms with Crippen LogP contribution in [-0.2, 0) is 35.2 Å². The molecule has 15 heteroatoms. The second kappa shape index (κ2) is 15.3. The predicted octanol–water partition coefficient (Wildman–Crippen LogP) is -2.10. The van der Waals surface area contributed by atoms with Crippen LogP contribution in [0.2, 0.25) is 0 Å². The number of aliphatic carboxylic acids is 2. The molecule has 0 saturated heterocycles. The Hall–Kier alpha value is -3.85. The van der Waals surface area contributed by atoms with Gasteiger partial charge in [-0.05, 0) is 36.1 Å². The Morgan fingerprint density at radius 1 is 0.865 bits per heavy atom. The van der Waals surface area contributed by atoms with Gasteiger partial charge < -0.3 is 42.7 Å². The molecule has 0 spiro atoms. The molecular formula is C22H31N5O9S.